The Morgan fingerprint density at radius 3 is 2.62 bits per heavy atom. The van der Waals surface area contributed by atoms with Crippen LogP contribution in [0.15, 0.2) is 18.2 Å². The predicted octanol–water partition coefficient (Wildman–Crippen LogP) is 3.68. The van der Waals surface area contributed by atoms with E-state index in [1.165, 1.54) is 37.5 Å². The summed E-state index contributed by atoms with van der Waals surface area (Å²) >= 11 is 0. The van der Waals surface area contributed by atoms with Crippen LogP contribution in [-0.4, -0.2) is 22.5 Å². The number of carbonyl (C=O) groups is 1. The standard InChI is InChI=1S/C15H20N2O4/c1-15(7-3-2-4-8-15)10-16-13-9-11(17(20)21)5-6-12(13)14(18)19/h5-6,9,16H,2-4,7-8,10H2,1H3,(H,18,19). The van der Waals surface area contributed by atoms with Crippen LogP contribution in [0.25, 0.3) is 0 Å². The normalized spacial score (nSPS) is 17.2. The second-order valence-corrected chi connectivity index (χ2v) is 6.02. The van der Waals surface area contributed by atoms with Gasteiger partial charge in [0, 0.05) is 18.7 Å². The second-order valence-electron chi connectivity index (χ2n) is 6.02. The molecule has 21 heavy (non-hydrogen) atoms. The molecule has 0 spiro atoms. The van der Waals surface area contributed by atoms with Crippen molar-refractivity contribution in [3.05, 3.63) is 33.9 Å². The van der Waals surface area contributed by atoms with Crippen molar-refractivity contribution in [1.29, 1.82) is 0 Å². The summed E-state index contributed by atoms with van der Waals surface area (Å²) in [6.45, 7) is 2.81. The lowest BCUT2D eigenvalue weighted by molar-refractivity contribution is -0.384. The molecule has 0 atom stereocenters. The molecule has 0 radical (unpaired) electrons. The molecule has 0 unspecified atom stereocenters. The molecule has 0 aromatic heterocycles. The van der Waals surface area contributed by atoms with Crippen molar-refractivity contribution < 1.29 is 14.8 Å². The maximum absolute atomic E-state index is 11.2. The number of nitro benzene ring substituents is 1. The SMILES string of the molecule is CC1(CNc2cc([N+](=O)[O-])ccc2C(=O)O)CCCCC1. The van der Waals surface area contributed by atoms with Gasteiger partial charge in [-0.05, 0) is 24.3 Å². The minimum absolute atomic E-state index is 0.0695. The first-order valence-electron chi connectivity index (χ1n) is 7.17. The van der Waals surface area contributed by atoms with E-state index in [2.05, 4.69) is 12.2 Å². The summed E-state index contributed by atoms with van der Waals surface area (Å²) in [6.07, 6.45) is 5.79. The molecule has 1 aliphatic rings. The van der Waals surface area contributed by atoms with E-state index in [-0.39, 0.29) is 16.7 Å². The molecule has 0 saturated heterocycles. The highest BCUT2D eigenvalue weighted by molar-refractivity contribution is 5.94. The molecule has 2 rings (SSSR count). The minimum Gasteiger partial charge on any atom is -0.478 e. The van der Waals surface area contributed by atoms with E-state index >= 15 is 0 Å². The summed E-state index contributed by atoms with van der Waals surface area (Å²) in [7, 11) is 0. The largest absolute Gasteiger partial charge is 0.478 e. The Bertz CT molecular complexity index is 551. The Morgan fingerprint density at radius 1 is 1.38 bits per heavy atom. The van der Waals surface area contributed by atoms with Crippen LogP contribution in [0.3, 0.4) is 0 Å². The summed E-state index contributed by atoms with van der Waals surface area (Å²) in [5.41, 5.74) is 0.415. The van der Waals surface area contributed by atoms with Crippen molar-refractivity contribution in [2.45, 2.75) is 39.0 Å². The smallest absolute Gasteiger partial charge is 0.337 e. The highest BCUT2D eigenvalue weighted by Crippen LogP contribution is 2.36. The Balaban J connectivity index is 2.18. The molecule has 0 heterocycles. The number of aromatic carboxylic acids is 1. The number of anilines is 1. The number of carboxylic acids is 1. The summed E-state index contributed by atoms with van der Waals surface area (Å²) < 4.78 is 0. The van der Waals surface area contributed by atoms with Gasteiger partial charge in [-0.1, -0.05) is 26.2 Å². The summed E-state index contributed by atoms with van der Waals surface area (Å²) in [5, 5.41) is 23.1. The molecule has 0 amide bonds. The van der Waals surface area contributed by atoms with E-state index in [0.717, 1.165) is 12.8 Å². The zero-order valence-electron chi connectivity index (χ0n) is 12.1. The van der Waals surface area contributed by atoms with Gasteiger partial charge in [0.2, 0.25) is 0 Å². The molecule has 1 fully saturated rings. The Labute approximate surface area is 123 Å². The van der Waals surface area contributed by atoms with Gasteiger partial charge < -0.3 is 10.4 Å². The number of rotatable bonds is 5. The van der Waals surface area contributed by atoms with Gasteiger partial charge in [-0.15, -0.1) is 0 Å². The first-order chi connectivity index (χ1) is 9.91. The molecule has 1 saturated carbocycles. The third-order valence-electron chi connectivity index (χ3n) is 4.21. The van der Waals surface area contributed by atoms with Crippen molar-refractivity contribution in [2.75, 3.05) is 11.9 Å². The Morgan fingerprint density at radius 2 is 2.05 bits per heavy atom. The van der Waals surface area contributed by atoms with Crippen LogP contribution in [0, 0.1) is 15.5 Å². The fourth-order valence-corrected chi connectivity index (χ4v) is 2.87. The summed E-state index contributed by atoms with van der Waals surface area (Å²) in [5.74, 6) is -1.08. The van der Waals surface area contributed by atoms with Crippen molar-refractivity contribution in [3.63, 3.8) is 0 Å². The fourth-order valence-electron chi connectivity index (χ4n) is 2.87. The third kappa shape index (κ3) is 3.71. The lowest BCUT2D eigenvalue weighted by Crippen LogP contribution is -2.29. The monoisotopic (exact) mass is 292 g/mol. The topological polar surface area (TPSA) is 92.5 Å². The molecular formula is C15H20N2O4. The first kappa shape index (κ1) is 15.3. The number of nitrogens with one attached hydrogen (secondary N) is 1. The average Bonchev–Trinajstić information content (AvgIpc) is 2.45. The first-order valence-corrected chi connectivity index (χ1v) is 7.17. The van der Waals surface area contributed by atoms with Gasteiger partial charge in [0.15, 0.2) is 0 Å². The number of nitrogens with zero attached hydrogens (tertiary/aromatic N) is 1. The Kier molecular flexibility index (Phi) is 4.45. The number of non-ortho nitro benzene ring substituents is 1. The van der Waals surface area contributed by atoms with E-state index in [9.17, 15) is 20.0 Å². The lowest BCUT2D eigenvalue weighted by atomic mass is 9.75. The van der Waals surface area contributed by atoms with Gasteiger partial charge in [0.25, 0.3) is 5.69 Å². The number of carboxylic acid groups (broad SMARTS) is 1. The quantitative estimate of drug-likeness (QED) is 0.638. The van der Waals surface area contributed by atoms with Crippen LogP contribution in [0.2, 0.25) is 0 Å². The van der Waals surface area contributed by atoms with Crippen LogP contribution in [0.4, 0.5) is 11.4 Å². The van der Waals surface area contributed by atoms with E-state index in [1.807, 2.05) is 0 Å². The fraction of sp³-hybridized carbons (Fsp3) is 0.533. The lowest BCUT2D eigenvalue weighted by Gasteiger charge is -2.34. The zero-order valence-corrected chi connectivity index (χ0v) is 12.1. The molecule has 1 aromatic rings. The van der Waals surface area contributed by atoms with Gasteiger partial charge >= 0.3 is 5.97 Å². The van der Waals surface area contributed by atoms with Crippen LogP contribution in [0.5, 0.6) is 0 Å². The van der Waals surface area contributed by atoms with Gasteiger partial charge in [-0.2, -0.15) is 0 Å². The van der Waals surface area contributed by atoms with Crippen LogP contribution >= 0.6 is 0 Å². The van der Waals surface area contributed by atoms with Crippen LogP contribution in [-0.2, 0) is 0 Å². The van der Waals surface area contributed by atoms with E-state index < -0.39 is 10.9 Å². The van der Waals surface area contributed by atoms with Gasteiger partial charge in [0.1, 0.15) is 0 Å². The number of hydrogen-bond donors (Lipinski definition) is 2. The van der Waals surface area contributed by atoms with E-state index in [0.29, 0.717) is 12.2 Å². The van der Waals surface area contributed by atoms with Gasteiger partial charge in [0.05, 0.1) is 16.2 Å². The van der Waals surface area contributed by atoms with Crippen molar-refractivity contribution >= 4 is 17.3 Å². The van der Waals surface area contributed by atoms with Gasteiger partial charge in [-0.25, -0.2) is 4.79 Å². The molecule has 114 valence electrons. The molecular weight excluding hydrogens is 272 g/mol. The molecule has 2 N–H and O–H groups in total. The molecule has 1 aliphatic carbocycles. The van der Waals surface area contributed by atoms with Crippen molar-refractivity contribution in [3.8, 4) is 0 Å². The highest BCUT2D eigenvalue weighted by Gasteiger charge is 2.27. The summed E-state index contributed by atoms with van der Waals surface area (Å²) in [6, 6.07) is 3.80. The maximum atomic E-state index is 11.2. The molecule has 6 nitrogen and oxygen atoms in total. The second kappa shape index (κ2) is 6.11. The number of hydrogen-bond acceptors (Lipinski definition) is 4. The number of benzene rings is 1. The molecule has 0 bridgehead atoms. The van der Waals surface area contributed by atoms with E-state index in [1.54, 1.807) is 0 Å². The van der Waals surface area contributed by atoms with E-state index in [4.69, 9.17) is 0 Å². The molecule has 1 aromatic carbocycles. The average molecular weight is 292 g/mol. The van der Waals surface area contributed by atoms with Crippen molar-refractivity contribution in [1.82, 2.24) is 0 Å². The van der Waals surface area contributed by atoms with Gasteiger partial charge in [-0.3, -0.25) is 10.1 Å². The maximum Gasteiger partial charge on any atom is 0.337 e. The predicted molar refractivity (Wildman–Crippen MR) is 79.7 cm³/mol. The third-order valence-corrected chi connectivity index (χ3v) is 4.21. The van der Waals surface area contributed by atoms with Crippen LogP contribution < -0.4 is 5.32 Å². The minimum atomic E-state index is -1.08. The summed E-state index contributed by atoms with van der Waals surface area (Å²) in [4.78, 5) is 21.5. The zero-order chi connectivity index (χ0) is 15.5. The van der Waals surface area contributed by atoms with Crippen molar-refractivity contribution in [2.24, 2.45) is 5.41 Å². The number of nitro groups is 1. The molecule has 0 aliphatic heterocycles. The molecule has 6 heteroatoms. The van der Waals surface area contributed by atoms with Crippen LogP contribution in [0.1, 0.15) is 49.4 Å². The Hall–Kier alpha value is -2.11. The highest BCUT2D eigenvalue weighted by atomic mass is 16.6.